The zero-order chi connectivity index (χ0) is 6.69. The number of hydrogen-bond donors (Lipinski definition) is 2. The van der Waals surface area contributed by atoms with Crippen molar-refractivity contribution in [3.63, 3.8) is 0 Å². The first-order valence-electron chi connectivity index (χ1n) is 3.69. The van der Waals surface area contributed by atoms with Gasteiger partial charge in [0.1, 0.15) is 0 Å². The number of rotatable bonds is 1. The zero-order valence-electron chi connectivity index (χ0n) is 6.34. The molecular formula is C7H16ClNO. The molecule has 1 rings (SSSR count). The van der Waals surface area contributed by atoms with E-state index < -0.39 is 0 Å². The second kappa shape index (κ2) is 4.94. The Morgan fingerprint density at radius 3 is 2.70 bits per heavy atom. The Morgan fingerprint density at radius 1 is 1.60 bits per heavy atom. The van der Waals surface area contributed by atoms with Crippen molar-refractivity contribution in [1.82, 2.24) is 5.32 Å². The number of hydrogen-bond acceptors (Lipinski definition) is 2. The number of piperidine rings is 1. The van der Waals surface area contributed by atoms with Crippen LogP contribution < -0.4 is 5.32 Å². The molecule has 1 saturated heterocycles. The molecule has 1 fully saturated rings. The molecule has 1 aliphatic rings. The highest BCUT2D eigenvalue weighted by Gasteiger charge is 2.18. The molecule has 2 atom stereocenters. The molecule has 10 heavy (non-hydrogen) atoms. The minimum Gasteiger partial charge on any atom is -0.396 e. The van der Waals surface area contributed by atoms with E-state index in [1.54, 1.807) is 0 Å². The highest BCUT2D eigenvalue weighted by Crippen LogP contribution is 2.14. The lowest BCUT2D eigenvalue weighted by molar-refractivity contribution is 0.167. The fourth-order valence-corrected chi connectivity index (χ4v) is 1.36. The van der Waals surface area contributed by atoms with Crippen molar-refractivity contribution < 1.29 is 5.11 Å². The summed E-state index contributed by atoms with van der Waals surface area (Å²) in [5.41, 5.74) is 0. The third-order valence-corrected chi connectivity index (χ3v) is 2.16. The maximum Gasteiger partial charge on any atom is 0.0474 e. The van der Waals surface area contributed by atoms with Crippen LogP contribution in [0.3, 0.4) is 0 Å². The quantitative estimate of drug-likeness (QED) is 0.602. The van der Waals surface area contributed by atoms with Crippen LogP contribution in [0.5, 0.6) is 0 Å². The van der Waals surface area contributed by atoms with Crippen LogP contribution >= 0.6 is 12.4 Å². The predicted octanol–water partition coefficient (Wildman–Crippen LogP) is 0.789. The van der Waals surface area contributed by atoms with Gasteiger partial charge >= 0.3 is 0 Å². The molecule has 3 heteroatoms. The van der Waals surface area contributed by atoms with E-state index in [1.807, 2.05) is 0 Å². The Bertz CT molecular complexity index is 89.7. The van der Waals surface area contributed by atoms with Crippen molar-refractivity contribution in [2.75, 3.05) is 13.2 Å². The summed E-state index contributed by atoms with van der Waals surface area (Å²) >= 11 is 0. The van der Waals surface area contributed by atoms with E-state index in [9.17, 15) is 0 Å². The van der Waals surface area contributed by atoms with Gasteiger partial charge in [-0.2, -0.15) is 0 Å². The number of aliphatic hydroxyl groups is 1. The fourth-order valence-electron chi connectivity index (χ4n) is 1.36. The first-order chi connectivity index (χ1) is 4.34. The third kappa shape index (κ3) is 2.45. The summed E-state index contributed by atoms with van der Waals surface area (Å²) in [5.74, 6) is 0.499. The molecule has 62 valence electrons. The molecule has 2 nitrogen and oxygen atoms in total. The minimum absolute atomic E-state index is 0. The lowest BCUT2D eigenvalue weighted by atomic mass is 9.93. The fraction of sp³-hybridized carbons (Fsp3) is 1.00. The topological polar surface area (TPSA) is 32.3 Å². The molecule has 0 aromatic carbocycles. The van der Waals surface area contributed by atoms with Crippen LogP contribution in [0.25, 0.3) is 0 Å². The maximum absolute atomic E-state index is 8.82. The van der Waals surface area contributed by atoms with E-state index >= 15 is 0 Å². The second-order valence-electron chi connectivity index (χ2n) is 2.83. The van der Waals surface area contributed by atoms with Gasteiger partial charge in [0.25, 0.3) is 0 Å². The molecule has 0 radical (unpaired) electrons. The zero-order valence-corrected chi connectivity index (χ0v) is 7.16. The van der Waals surface area contributed by atoms with E-state index in [0.717, 1.165) is 6.54 Å². The van der Waals surface area contributed by atoms with Crippen LogP contribution in [0.15, 0.2) is 0 Å². The highest BCUT2D eigenvalue weighted by molar-refractivity contribution is 5.85. The lowest BCUT2D eigenvalue weighted by Gasteiger charge is -2.27. The van der Waals surface area contributed by atoms with Crippen molar-refractivity contribution in [2.24, 2.45) is 5.92 Å². The molecule has 0 spiro atoms. The van der Waals surface area contributed by atoms with Gasteiger partial charge < -0.3 is 10.4 Å². The standard InChI is InChI=1S/C7H15NO.ClH/c1-6-7(5-9)3-2-4-8-6;/h6-9H,2-5H2,1H3;1H/t6-,7+;/m0./s1. The van der Waals surface area contributed by atoms with Gasteiger partial charge in [0, 0.05) is 12.6 Å². The average molecular weight is 166 g/mol. The van der Waals surface area contributed by atoms with Crippen LogP contribution in [0.4, 0.5) is 0 Å². The van der Waals surface area contributed by atoms with Gasteiger partial charge in [-0.25, -0.2) is 0 Å². The molecule has 0 saturated carbocycles. The molecule has 0 amide bonds. The molecule has 0 aliphatic carbocycles. The van der Waals surface area contributed by atoms with Crippen molar-refractivity contribution in [1.29, 1.82) is 0 Å². The van der Waals surface area contributed by atoms with Crippen LogP contribution in [-0.4, -0.2) is 24.3 Å². The average Bonchev–Trinajstić information content (AvgIpc) is 1.89. The van der Waals surface area contributed by atoms with Gasteiger partial charge in [-0.05, 0) is 32.2 Å². The largest absolute Gasteiger partial charge is 0.396 e. The summed E-state index contributed by atoms with van der Waals surface area (Å²) in [6.45, 7) is 3.60. The van der Waals surface area contributed by atoms with Crippen LogP contribution in [-0.2, 0) is 0 Å². The number of aliphatic hydroxyl groups excluding tert-OH is 1. The van der Waals surface area contributed by atoms with E-state index in [0.29, 0.717) is 18.6 Å². The molecular weight excluding hydrogens is 150 g/mol. The Kier molecular flexibility index (Phi) is 5.04. The monoisotopic (exact) mass is 165 g/mol. The van der Waals surface area contributed by atoms with Crippen molar-refractivity contribution >= 4 is 12.4 Å². The molecule has 2 N–H and O–H groups in total. The van der Waals surface area contributed by atoms with Gasteiger partial charge in [-0.1, -0.05) is 0 Å². The van der Waals surface area contributed by atoms with E-state index in [-0.39, 0.29) is 12.4 Å². The summed E-state index contributed by atoms with van der Waals surface area (Å²) < 4.78 is 0. The van der Waals surface area contributed by atoms with E-state index in [2.05, 4.69) is 12.2 Å². The molecule has 0 unspecified atom stereocenters. The predicted molar refractivity (Wildman–Crippen MR) is 44.5 cm³/mol. The lowest BCUT2D eigenvalue weighted by Crippen LogP contribution is -2.40. The SMILES string of the molecule is C[C@@H]1NCCC[C@@H]1CO.Cl. The van der Waals surface area contributed by atoms with Crippen LogP contribution in [0.1, 0.15) is 19.8 Å². The van der Waals surface area contributed by atoms with Gasteiger partial charge in [-0.15, -0.1) is 12.4 Å². The first-order valence-corrected chi connectivity index (χ1v) is 3.69. The molecule has 1 heterocycles. The Morgan fingerprint density at radius 2 is 2.30 bits per heavy atom. The molecule has 1 aliphatic heterocycles. The summed E-state index contributed by atoms with van der Waals surface area (Å²) in [6, 6.07) is 0.517. The molecule has 0 aromatic heterocycles. The van der Waals surface area contributed by atoms with Crippen LogP contribution in [0.2, 0.25) is 0 Å². The molecule has 0 bridgehead atoms. The minimum atomic E-state index is 0. The van der Waals surface area contributed by atoms with Crippen LogP contribution in [0, 0.1) is 5.92 Å². The summed E-state index contributed by atoms with van der Waals surface area (Å²) in [7, 11) is 0. The normalized spacial score (nSPS) is 33.0. The van der Waals surface area contributed by atoms with E-state index in [4.69, 9.17) is 5.11 Å². The Hall–Kier alpha value is 0.210. The highest BCUT2D eigenvalue weighted by atomic mass is 35.5. The molecule has 0 aromatic rings. The third-order valence-electron chi connectivity index (χ3n) is 2.16. The van der Waals surface area contributed by atoms with Gasteiger partial charge in [-0.3, -0.25) is 0 Å². The van der Waals surface area contributed by atoms with E-state index in [1.165, 1.54) is 12.8 Å². The van der Waals surface area contributed by atoms with Crippen molar-refractivity contribution in [3.05, 3.63) is 0 Å². The first kappa shape index (κ1) is 10.2. The summed E-state index contributed by atoms with van der Waals surface area (Å²) in [5, 5.41) is 12.1. The van der Waals surface area contributed by atoms with Gasteiger partial charge in [0.05, 0.1) is 0 Å². The number of nitrogens with one attached hydrogen (secondary N) is 1. The van der Waals surface area contributed by atoms with Gasteiger partial charge in [0.2, 0.25) is 0 Å². The Labute approximate surface area is 68.4 Å². The second-order valence-corrected chi connectivity index (χ2v) is 2.83. The Balaban J connectivity index is 0.000000810. The van der Waals surface area contributed by atoms with Crippen molar-refractivity contribution in [2.45, 2.75) is 25.8 Å². The smallest absolute Gasteiger partial charge is 0.0474 e. The number of halogens is 1. The summed E-state index contributed by atoms with van der Waals surface area (Å²) in [4.78, 5) is 0. The van der Waals surface area contributed by atoms with Gasteiger partial charge in [0.15, 0.2) is 0 Å². The maximum atomic E-state index is 8.82. The summed E-state index contributed by atoms with van der Waals surface area (Å²) in [6.07, 6.45) is 2.40. The van der Waals surface area contributed by atoms with Crippen molar-refractivity contribution in [3.8, 4) is 0 Å².